The minimum Gasteiger partial charge on any atom is -0.379 e. The van der Waals surface area contributed by atoms with E-state index >= 15 is 0 Å². The van der Waals surface area contributed by atoms with E-state index in [1.165, 1.54) is 0 Å². The lowest BCUT2D eigenvalue weighted by atomic mass is 10.5. The molecule has 41 heavy (non-hydrogen) atoms. The van der Waals surface area contributed by atoms with Gasteiger partial charge in [-0.3, -0.25) is 0 Å². The lowest BCUT2D eigenvalue weighted by Gasteiger charge is -2.28. The van der Waals surface area contributed by atoms with Crippen LogP contribution in [-0.4, -0.2) is 141 Å². The van der Waals surface area contributed by atoms with Gasteiger partial charge in [-0.1, -0.05) is 27.7 Å². The summed E-state index contributed by atoms with van der Waals surface area (Å²) in [6.45, 7) is 17.6. The zero-order chi connectivity index (χ0) is 30.0. The normalized spacial score (nSPS) is 12.0. The van der Waals surface area contributed by atoms with Crippen molar-refractivity contribution in [2.45, 2.75) is 53.4 Å². The first-order valence-corrected chi connectivity index (χ1v) is 17.1. The molecular weight excluding hydrogens is 556 g/mol. The molecule has 0 bridgehead atoms. The summed E-state index contributed by atoms with van der Waals surface area (Å²) in [7, 11) is -3.57. The Morgan fingerprint density at radius 1 is 0.244 bits per heavy atom. The minimum absolute atomic E-state index is 0.239. The third-order valence-corrected chi connectivity index (χ3v) is 7.14. The Balaban J connectivity index is 4.82. The van der Waals surface area contributed by atoms with Gasteiger partial charge in [0.2, 0.25) is 0 Å². The molecule has 0 rings (SSSR count). The average molecular weight is 617 g/mol. The minimum atomic E-state index is -3.57. The fourth-order valence-electron chi connectivity index (χ4n) is 3.02. The third kappa shape index (κ3) is 29.6. The van der Waals surface area contributed by atoms with Crippen LogP contribution in [0, 0.1) is 0 Å². The van der Waals surface area contributed by atoms with E-state index in [0.717, 1.165) is 52.1 Å². The zero-order valence-electron chi connectivity index (χ0n) is 26.4. The Morgan fingerprint density at radius 3 is 0.610 bits per heavy atom. The van der Waals surface area contributed by atoms with Crippen LogP contribution in [0.3, 0.4) is 0 Å². The van der Waals surface area contributed by atoms with Gasteiger partial charge in [0.15, 0.2) is 0 Å². The molecule has 0 aliphatic carbocycles. The first-order valence-electron chi connectivity index (χ1n) is 15.4. The van der Waals surface area contributed by atoms with Crippen LogP contribution in [0.5, 0.6) is 0 Å². The molecule has 0 atom stereocenters. The van der Waals surface area contributed by atoms with Gasteiger partial charge in [0.1, 0.15) is 0 Å². The van der Waals surface area contributed by atoms with Crippen LogP contribution in [0.1, 0.15) is 53.4 Å². The first-order chi connectivity index (χ1) is 20.2. The highest BCUT2D eigenvalue weighted by Crippen LogP contribution is 2.13. The van der Waals surface area contributed by atoms with E-state index in [1.54, 1.807) is 0 Å². The van der Waals surface area contributed by atoms with Crippen molar-refractivity contribution in [1.82, 2.24) is 0 Å². The predicted octanol–water partition coefficient (Wildman–Crippen LogP) is 3.26. The maximum atomic E-state index is 6.10. The predicted molar refractivity (Wildman–Crippen MR) is 157 cm³/mol. The smallest absolute Gasteiger partial charge is 0.379 e. The van der Waals surface area contributed by atoms with Gasteiger partial charge in [-0.2, -0.15) is 0 Å². The van der Waals surface area contributed by atoms with Crippen molar-refractivity contribution < 1.29 is 55.6 Å². The number of hydrogen-bond donors (Lipinski definition) is 0. The highest BCUT2D eigenvalue weighted by molar-refractivity contribution is 6.53. The lowest BCUT2D eigenvalue weighted by Crippen LogP contribution is -2.51. The Hall–Kier alpha value is -0.263. The summed E-state index contributed by atoms with van der Waals surface area (Å²) in [6.07, 6.45) is 3.90. The number of ether oxygens (including phenoxy) is 8. The molecule has 0 spiro atoms. The fraction of sp³-hybridized carbons (Fsp3) is 1.00. The Kier molecular flexibility index (Phi) is 34.0. The van der Waals surface area contributed by atoms with Crippen molar-refractivity contribution in [2.75, 3.05) is 132 Å². The highest BCUT2D eigenvalue weighted by Gasteiger charge is 2.46. The van der Waals surface area contributed by atoms with E-state index in [9.17, 15) is 0 Å². The molecule has 0 saturated heterocycles. The van der Waals surface area contributed by atoms with E-state index in [1.807, 2.05) is 0 Å². The molecule has 0 aromatic heterocycles. The number of rotatable bonds is 36. The summed E-state index contributed by atoms with van der Waals surface area (Å²) in [5.41, 5.74) is 0. The second-order valence-electron chi connectivity index (χ2n) is 8.79. The molecule has 0 saturated carbocycles. The van der Waals surface area contributed by atoms with E-state index in [0.29, 0.717) is 79.3 Å². The summed E-state index contributed by atoms with van der Waals surface area (Å²) in [5.74, 6) is 0. The molecule has 0 heterocycles. The van der Waals surface area contributed by atoms with Crippen LogP contribution in [0.4, 0.5) is 0 Å². The quantitative estimate of drug-likeness (QED) is 0.0761. The summed E-state index contributed by atoms with van der Waals surface area (Å²) in [6, 6.07) is 0. The molecule has 0 radical (unpaired) electrons. The van der Waals surface area contributed by atoms with Gasteiger partial charge >= 0.3 is 9.05 Å². The molecule has 12 nitrogen and oxygen atoms in total. The van der Waals surface area contributed by atoms with Crippen LogP contribution in [0.25, 0.3) is 0 Å². The summed E-state index contributed by atoms with van der Waals surface area (Å²) < 4.78 is 68.8. The summed E-state index contributed by atoms with van der Waals surface area (Å²) in [5, 5.41) is 0. The first kappa shape index (κ1) is 40.7. The molecule has 0 aliphatic heterocycles. The molecule has 13 heteroatoms. The van der Waals surface area contributed by atoms with Crippen molar-refractivity contribution in [3.63, 3.8) is 0 Å². The van der Waals surface area contributed by atoms with Gasteiger partial charge in [0.25, 0.3) is 0 Å². The van der Waals surface area contributed by atoms with Gasteiger partial charge in [-0.05, 0) is 25.7 Å². The molecule has 0 unspecified atom stereocenters. The molecule has 0 aliphatic rings. The van der Waals surface area contributed by atoms with Crippen LogP contribution >= 0.6 is 0 Å². The van der Waals surface area contributed by atoms with E-state index in [4.69, 9.17) is 55.6 Å². The second-order valence-corrected chi connectivity index (χ2v) is 10.9. The maximum absolute atomic E-state index is 6.10. The van der Waals surface area contributed by atoms with Gasteiger partial charge < -0.3 is 55.6 Å². The fourth-order valence-corrected chi connectivity index (χ4v) is 4.85. The molecule has 0 N–H and O–H groups in total. The Bertz CT molecular complexity index is 407. The highest BCUT2D eigenvalue weighted by atomic mass is 28.4. The van der Waals surface area contributed by atoms with Gasteiger partial charge in [-0.25, -0.2) is 0 Å². The molecular formula is C28H60O12Si. The van der Waals surface area contributed by atoms with Gasteiger partial charge in [0, 0.05) is 26.4 Å². The second kappa shape index (κ2) is 34.2. The van der Waals surface area contributed by atoms with E-state index in [-0.39, 0.29) is 26.4 Å². The lowest BCUT2D eigenvalue weighted by molar-refractivity contribution is -0.0741. The monoisotopic (exact) mass is 616 g/mol. The van der Waals surface area contributed by atoms with Crippen molar-refractivity contribution in [1.29, 1.82) is 0 Å². The Morgan fingerprint density at radius 2 is 0.415 bits per heavy atom. The van der Waals surface area contributed by atoms with Crippen LogP contribution in [0.15, 0.2) is 0 Å². The van der Waals surface area contributed by atoms with E-state index < -0.39 is 9.05 Å². The van der Waals surface area contributed by atoms with Crippen molar-refractivity contribution in [3.8, 4) is 0 Å². The van der Waals surface area contributed by atoms with Gasteiger partial charge in [0.05, 0.1) is 106 Å². The van der Waals surface area contributed by atoms with Crippen molar-refractivity contribution >= 4 is 9.05 Å². The number of hydrogen-bond acceptors (Lipinski definition) is 12. The summed E-state index contributed by atoms with van der Waals surface area (Å²) >= 11 is 0. The average Bonchev–Trinajstić information content (AvgIpc) is 2.98. The van der Waals surface area contributed by atoms with Crippen LogP contribution in [0.2, 0.25) is 0 Å². The standard InChI is InChI=1S/C28H60O12Si/c1-5-9-29-13-17-33-21-25-37-41(38-26-22-34-18-14-30-10-6-2,39-27-23-35-19-15-31-11-7-3)40-28-24-36-20-16-32-12-8-4/h5-28H2,1-4H3. The SMILES string of the molecule is CCCOCCOCCO[Si](OCCOCCOCCC)(OCCOCCOCCC)OCCOCCOCCC. The molecule has 0 aromatic rings. The van der Waals surface area contributed by atoms with Crippen molar-refractivity contribution in [2.24, 2.45) is 0 Å². The summed E-state index contributed by atoms with van der Waals surface area (Å²) in [4.78, 5) is 0. The van der Waals surface area contributed by atoms with E-state index in [2.05, 4.69) is 27.7 Å². The maximum Gasteiger partial charge on any atom is 0.680 e. The topological polar surface area (TPSA) is 111 Å². The van der Waals surface area contributed by atoms with Crippen LogP contribution in [-0.2, 0) is 55.6 Å². The van der Waals surface area contributed by atoms with Crippen molar-refractivity contribution in [3.05, 3.63) is 0 Å². The van der Waals surface area contributed by atoms with Crippen LogP contribution < -0.4 is 0 Å². The molecule has 0 amide bonds. The third-order valence-electron chi connectivity index (χ3n) is 4.91. The molecule has 248 valence electrons. The molecule has 0 fully saturated rings. The zero-order valence-corrected chi connectivity index (χ0v) is 27.4. The largest absolute Gasteiger partial charge is 0.680 e. The van der Waals surface area contributed by atoms with Gasteiger partial charge in [-0.15, -0.1) is 0 Å². The molecule has 0 aromatic carbocycles. The Labute approximate surface area is 250 Å².